The van der Waals surface area contributed by atoms with Gasteiger partial charge in [0, 0.05) is 19.1 Å². The molecule has 2 nitrogen and oxygen atoms in total. The Labute approximate surface area is 118 Å². The van der Waals surface area contributed by atoms with Gasteiger partial charge in [-0.3, -0.25) is 0 Å². The summed E-state index contributed by atoms with van der Waals surface area (Å²) < 4.78 is 0. The predicted octanol–water partition coefficient (Wildman–Crippen LogP) is 3.30. The van der Waals surface area contributed by atoms with Crippen molar-refractivity contribution in [2.75, 3.05) is 26.7 Å². The third kappa shape index (κ3) is 4.05. The van der Waals surface area contributed by atoms with E-state index >= 15 is 0 Å². The van der Waals surface area contributed by atoms with Crippen LogP contribution >= 0.6 is 0 Å². The van der Waals surface area contributed by atoms with Crippen LogP contribution in [0.1, 0.15) is 42.5 Å². The average Bonchev–Trinajstić information content (AvgIpc) is 3.19. The van der Waals surface area contributed by atoms with Crippen molar-refractivity contribution in [1.82, 2.24) is 10.2 Å². The number of likely N-dealkylation sites (N-methyl/N-ethyl adjacent to an activating group) is 2. The van der Waals surface area contributed by atoms with Gasteiger partial charge in [0.05, 0.1) is 0 Å². The first kappa shape index (κ1) is 14.5. The van der Waals surface area contributed by atoms with Crippen LogP contribution in [0, 0.1) is 19.8 Å². The fraction of sp³-hybridized carbons (Fsp3) is 0.647. The number of nitrogens with zero attached hydrogens (tertiary/aromatic N) is 1. The maximum atomic E-state index is 3.50. The molecular formula is C17H28N2. The Kier molecular flexibility index (Phi) is 5.00. The second-order valence-electron chi connectivity index (χ2n) is 6.00. The maximum absolute atomic E-state index is 3.50. The zero-order valence-corrected chi connectivity index (χ0v) is 12.9. The van der Waals surface area contributed by atoms with E-state index in [-0.39, 0.29) is 0 Å². The first-order chi connectivity index (χ1) is 9.13. The fourth-order valence-corrected chi connectivity index (χ4v) is 2.82. The van der Waals surface area contributed by atoms with Crippen LogP contribution < -0.4 is 5.32 Å². The van der Waals surface area contributed by atoms with Gasteiger partial charge in [-0.05, 0) is 57.3 Å². The molecule has 1 unspecified atom stereocenters. The fourth-order valence-electron chi connectivity index (χ4n) is 2.82. The Morgan fingerprint density at radius 2 is 2.05 bits per heavy atom. The van der Waals surface area contributed by atoms with Crippen molar-refractivity contribution >= 4 is 0 Å². The first-order valence-electron chi connectivity index (χ1n) is 7.60. The summed E-state index contributed by atoms with van der Waals surface area (Å²) >= 11 is 0. The minimum atomic E-state index is 0.444. The second-order valence-corrected chi connectivity index (χ2v) is 6.00. The Morgan fingerprint density at radius 1 is 1.32 bits per heavy atom. The molecule has 2 rings (SSSR count). The van der Waals surface area contributed by atoms with Gasteiger partial charge in [0.1, 0.15) is 0 Å². The van der Waals surface area contributed by atoms with E-state index in [2.05, 4.69) is 56.2 Å². The molecule has 0 heterocycles. The SMILES string of the molecule is CCN(CC1CC1)CC(NC)c1ccc(C)cc1C. The first-order valence-corrected chi connectivity index (χ1v) is 7.60. The molecule has 1 aromatic rings. The highest BCUT2D eigenvalue weighted by molar-refractivity contribution is 5.33. The third-order valence-corrected chi connectivity index (χ3v) is 4.25. The van der Waals surface area contributed by atoms with Crippen LogP contribution in [0.3, 0.4) is 0 Å². The Hall–Kier alpha value is -0.860. The average molecular weight is 260 g/mol. The largest absolute Gasteiger partial charge is 0.312 e. The van der Waals surface area contributed by atoms with Crippen molar-refractivity contribution in [3.05, 3.63) is 34.9 Å². The molecule has 1 saturated carbocycles. The van der Waals surface area contributed by atoms with Crippen LogP contribution in [-0.2, 0) is 0 Å². The molecule has 0 bridgehead atoms. The van der Waals surface area contributed by atoms with E-state index in [0.29, 0.717) is 6.04 Å². The van der Waals surface area contributed by atoms with Crippen LogP contribution in [0.2, 0.25) is 0 Å². The van der Waals surface area contributed by atoms with E-state index in [0.717, 1.165) is 19.0 Å². The standard InChI is InChI=1S/C17H28N2/c1-5-19(11-15-7-8-15)12-17(18-4)16-9-6-13(2)10-14(16)3/h6,9-10,15,17-18H,5,7-8,11-12H2,1-4H3. The molecule has 19 heavy (non-hydrogen) atoms. The van der Waals surface area contributed by atoms with Gasteiger partial charge in [-0.25, -0.2) is 0 Å². The lowest BCUT2D eigenvalue weighted by Gasteiger charge is -2.27. The van der Waals surface area contributed by atoms with E-state index in [1.54, 1.807) is 0 Å². The normalized spacial score (nSPS) is 16.9. The van der Waals surface area contributed by atoms with Crippen LogP contribution in [-0.4, -0.2) is 31.6 Å². The zero-order chi connectivity index (χ0) is 13.8. The molecule has 1 aliphatic carbocycles. The summed E-state index contributed by atoms with van der Waals surface area (Å²) in [5.74, 6) is 0.969. The lowest BCUT2D eigenvalue weighted by molar-refractivity contribution is 0.248. The molecule has 1 fully saturated rings. The molecule has 0 amide bonds. The van der Waals surface area contributed by atoms with E-state index in [4.69, 9.17) is 0 Å². The molecule has 1 aromatic carbocycles. The molecule has 2 heteroatoms. The van der Waals surface area contributed by atoms with E-state index in [9.17, 15) is 0 Å². The van der Waals surface area contributed by atoms with Crippen molar-refractivity contribution in [3.63, 3.8) is 0 Å². The molecule has 1 N–H and O–H groups in total. The van der Waals surface area contributed by atoms with Crippen molar-refractivity contribution in [2.24, 2.45) is 5.92 Å². The number of hydrogen-bond acceptors (Lipinski definition) is 2. The molecule has 1 atom stereocenters. The molecular weight excluding hydrogens is 232 g/mol. The van der Waals surface area contributed by atoms with Gasteiger partial charge in [-0.1, -0.05) is 30.7 Å². The topological polar surface area (TPSA) is 15.3 Å². The molecule has 0 spiro atoms. The third-order valence-electron chi connectivity index (χ3n) is 4.25. The quantitative estimate of drug-likeness (QED) is 0.809. The molecule has 0 aliphatic heterocycles. The number of aryl methyl sites for hydroxylation is 2. The molecule has 0 saturated heterocycles. The number of rotatable bonds is 7. The Balaban J connectivity index is 2.04. The summed E-state index contributed by atoms with van der Waals surface area (Å²) in [6.07, 6.45) is 2.87. The highest BCUT2D eigenvalue weighted by Gasteiger charge is 2.25. The van der Waals surface area contributed by atoms with Crippen molar-refractivity contribution < 1.29 is 0 Å². The van der Waals surface area contributed by atoms with Gasteiger partial charge in [-0.2, -0.15) is 0 Å². The van der Waals surface area contributed by atoms with Crippen LogP contribution in [0.25, 0.3) is 0 Å². The van der Waals surface area contributed by atoms with Gasteiger partial charge in [0.15, 0.2) is 0 Å². The highest BCUT2D eigenvalue weighted by atomic mass is 15.1. The van der Waals surface area contributed by atoms with Crippen molar-refractivity contribution in [3.8, 4) is 0 Å². The zero-order valence-electron chi connectivity index (χ0n) is 12.9. The monoisotopic (exact) mass is 260 g/mol. The van der Waals surface area contributed by atoms with Crippen LogP contribution in [0.4, 0.5) is 0 Å². The summed E-state index contributed by atoms with van der Waals surface area (Å²) in [4.78, 5) is 2.60. The van der Waals surface area contributed by atoms with Crippen LogP contribution in [0.15, 0.2) is 18.2 Å². The molecule has 0 radical (unpaired) electrons. The number of benzene rings is 1. The van der Waals surface area contributed by atoms with E-state index in [1.165, 1.54) is 36.1 Å². The van der Waals surface area contributed by atoms with Crippen molar-refractivity contribution in [2.45, 2.75) is 39.7 Å². The smallest absolute Gasteiger partial charge is 0.0449 e. The molecule has 1 aliphatic rings. The van der Waals surface area contributed by atoms with Gasteiger partial charge in [-0.15, -0.1) is 0 Å². The van der Waals surface area contributed by atoms with Crippen LogP contribution in [0.5, 0.6) is 0 Å². The van der Waals surface area contributed by atoms with Gasteiger partial charge >= 0.3 is 0 Å². The maximum Gasteiger partial charge on any atom is 0.0449 e. The van der Waals surface area contributed by atoms with E-state index < -0.39 is 0 Å². The van der Waals surface area contributed by atoms with Crippen molar-refractivity contribution in [1.29, 1.82) is 0 Å². The number of hydrogen-bond donors (Lipinski definition) is 1. The second kappa shape index (κ2) is 6.53. The molecule has 106 valence electrons. The highest BCUT2D eigenvalue weighted by Crippen LogP contribution is 2.30. The predicted molar refractivity (Wildman–Crippen MR) is 82.6 cm³/mol. The molecule has 0 aromatic heterocycles. The lowest BCUT2D eigenvalue weighted by Crippen LogP contribution is -2.35. The number of nitrogens with one attached hydrogen (secondary N) is 1. The van der Waals surface area contributed by atoms with Gasteiger partial charge in [0.2, 0.25) is 0 Å². The Morgan fingerprint density at radius 3 is 2.58 bits per heavy atom. The summed E-state index contributed by atoms with van der Waals surface area (Å²) in [5, 5.41) is 3.50. The minimum absolute atomic E-state index is 0.444. The van der Waals surface area contributed by atoms with Gasteiger partial charge in [0.25, 0.3) is 0 Å². The van der Waals surface area contributed by atoms with E-state index in [1.807, 2.05) is 0 Å². The lowest BCUT2D eigenvalue weighted by atomic mass is 9.99. The summed E-state index contributed by atoms with van der Waals surface area (Å²) in [5.41, 5.74) is 4.20. The van der Waals surface area contributed by atoms with Gasteiger partial charge < -0.3 is 10.2 Å². The minimum Gasteiger partial charge on any atom is -0.312 e. The summed E-state index contributed by atoms with van der Waals surface area (Å²) in [6, 6.07) is 7.25. The summed E-state index contributed by atoms with van der Waals surface area (Å²) in [6.45, 7) is 10.2. The summed E-state index contributed by atoms with van der Waals surface area (Å²) in [7, 11) is 2.08. The Bertz CT molecular complexity index is 410.